The standard InChI is InChI=1S/C21H27NO5S/c1-25-17-10-8-16(9-11-17)19-7-5-4-6-14-22(19)28(23,24)21-15-18(26-2)12-13-20(21)27-3/h8-13,15,19H,4-7,14H2,1-3H3/t19-/m0/s1. The summed E-state index contributed by atoms with van der Waals surface area (Å²) in [4.78, 5) is 0.134. The Hall–Kier alpha value is -2.25. The van der Waals surface area contributed by atoms with E-state index >= 15 is 0 Å². The van der Waals surface area contributed by atoms with Gasteiger partial charge in [0.2, 0.25) is 10.0 Å². The van der Waals surface area contributed by atoms with E-state index in [-0.39, 0.29) is 10.9 Å². The van der Waals surface area contributed by atoms with Crippen molar-refractivity contribution >= 4 is 10.0 Å². The van der Waals surface area contributed by atoms with Gasteiger partial charge in [-0.05, 0) is 42.7 Å². The van der Waals surface area contributed by atoms with Crippen LogP contribution in [0.3, 0.4) is 0 Å². The summed E-state index contributed by atoms with van der Waals surface area (Å²) < 4.78 is 44.8. The molecule has 0 N–H and O–H groups in total. The molecule has 1 aliphatic rings. The van der Waals surface area contributed by atoms with Gasteiger partial charge in [0.25, 0.3) is 0 Å². The van der Waals surface area contributed by atoms with Gasteiger partial charge in [0.15, 0.2) is 0 Å². The van der Waals surface area contributed by atoms with Crippen molar-refractivity contribution in [3.8, 4) is 17.2 Å². The number of benzene rings is 2. The average molecular weight is 406 g/mol. The molecule has 0 unspecified atom stereocenters. The molecule has 0 bridgehead atoms. The smallest absolute Gasteiger partial charge is 0.247 e. The molecule has 0 spiro atoms. The summed E-state index contributed by atoms with van der Waals surface area (Å²) in [5.41, 5.74) is 0.966. The summed E-state index contributed by atoms with van der Waals surface area (Å²) in [5.74, 6) is 1.55. The number of hydrogen-bond donors (Lipinski definition) is 0. The highest BCUT2D eigenvalue weighted by atomic mass is 32.2. The van der Waals surface area contributed by atoms with Gasteiger partial charge in [0.05, 0.1) is 27.4 Å². The second kappa shape index (κ2) is 8.84. The molecule has 28 heavy (non-hydrogen) atoms. The molecule has 7 heteroatoms. The van der Waals surface area contributed by atoms with E-state index in [1.54, 1.807) is 23.5 Å². The SMILES string of the molecule is COc1ccc([C@@H]2CCCCCN2S(=O)(=O)c2cc(OC)ccc2OC)cc1. The molecular formula is C21H27NO5S. The van der Waals surface area contributed by atoms with Crippen molar-refractivity contribution in [3.05, 3.63) is 48.0 Å². The molecule has 2 aromatic rings. The predicted octanol–water partition coefficient (Wildman–Crippen LogP) is 4.02. The van der Waals surface area contributed by atoms with Gasteiger partial charge in [-0.1, -0.05) is 25.0 Å². The molecule has 6 nitrogen and oxygen atoms in total. The first-order chi connectivity index (χ1) is 13.5. The lowest BCUT2D eigenvalue weighted by atomic mass is 10.0. The maximum absolute atomic E-state index is 13.7. The maximum Gasteiger partial charge on any atom is 0.247 e. The highest BCUT2D eigenvalue weighted by Crippen LogP contribution is 2.38. The van der Waals surface area contributed by atoms with Crippen molar-refractivity contribution in [3.63, 3.8) is 0 Å². The first-order valence-electron chi connectivity index (χ1n) is 9.39. The van der Waals surface area contributed by atoms with E-state index in [2.05, 4.69) is 0 Å². The number of rotatable bonds is 6. The zero-order chi connectivity index (χ0) is 20.1. The molecule has 0 aliphatic carbocycles. The molecule has 1 saturated heterocycles. The Morgan fingerprint density at radius 1 is 0.857 bits per heavy atom. The van der Waals surface area contributed by atoms with Crippen LogP contribution < -0.4 is 14.2 Å². The number of sulfonamides is 1. The molecule has 0 aromatic heterocycles. The molecule has 0 saturated carbocycles. The normalized spacial score (nSPS) is 18.3. The van der Waals surface area contributed by atoms with E-state index in [4.69, 9.17) is 14.2 Å². The quantitative estimate of drug-likeness (QED) is 0.726. The third-order valence-electron chi connectivity index (χ3n) is 5.16. The van der Waals surface area contributed by atoms with Gasteiger partial charge in [0.1, 0.15) is 22.1 Å². The van der Waals surface area contributed by atoms with Crippen molar-refractivity contribution < 1.29 is 22.6 Å². The van der Waals surface area contributed by atoms with E-state index in [0.717, 1.165) is 37.0 Å². The van der Waals surface area contributed by atoms with Gasteiger partial charge in [-0.15, -0.1) is 0 Å². The zero-order valence-corrected chi connectivity index (χ0v) is 17.4. The second-order valence-corrected chi connectivity index (χ2v) is 8.63. The van der Waals surface area contributed by atoms with Gasteiger partial charge in [-0.25, -0.2) is 8.42 Å². The van der Waals surface area contributed by atoms with Crippen LogP contribution in [0, 0.1) is 0 Å². The Kier molecular flexibility index (Phi) is 6.46. The highest BCUT2D eigenvalue weighted by molar-refractivity contribution is 7.89. The summed E-state index contributed by atoms with van der Waals surface area (Å²) >= 11 is 0. The second-order valence-electron chi connectivity index (χ2n) is 6.77. The van der Waals surface area contributed by atoms with Crippen LogP contribution in [0.1, 0.15) is 37.3 Å². The van der Waals surface area contributed by atoms with Crippen molar-refractivity contribution in [1.29, 1.82) is 0 Å². The van der Waals surface area contributed by atoms with Crippen LogP contribution in [0.4, 0.5) is 0 Å². The molecule has 2 aromatic carbocycles. The first-order valence-corrected chi connectivity index (χ1v) is 10.8. The zero-order valence-electron chi connectivity index (χ0n) is 16.6. The van der Waals surface area contributed by atoms with Gasteiger partial charge in [0, 0.05) is 12.6 Å². The van der Waals surface area contributed by atoms with Crippen LogP contribution in [0.25, 0.3) is 0 Å². The largest absolute Gasteiger partial charge is 0.497 e. The molecule has 1 aliphatic heterocycles. The van der Waals surface area contributed by atoms with E-state index in [1.165, 1.54) is 20.3 Å². The fraction of sp³-hybridized carbons (Fsp3) is 0.429. The fourth-order valence-corrected chi connectivity index (χ4v) is 5.50. The predicted molar refractivity (Wildman–Crippen MR) is 108 cm³/mol. The summed E-state index contributed by atoms with van der Waals surface area (Å²) in [7, 11) is 0.835. The Labute approximate surface area is 167 Å². The van der Waals surface area contributed by atoms with E-state index in [0.29, 0.717) is 18.0 Å². The number of methoxy groups -OCH3 is 3. The third-order valence-corrected chi connectivity index (χ3v) is 7.09. The van der Waals surface area contributed by atoms with Crippen molar-refractivity contribution in [2.75, 3.05) is 27.9 Å². The minimum absolute atomic E-state index is 0.134. The topological polar surface area (TPSA) is 65.1 Å². The maximum atomic E-state index is 13.7. The molecule has 3 rings (SSSR count). The first kappa shape index (κ1) is 20.5. The summed E-state index contributed by atoms with van der Waals surface area (Å²) in [5, 5.41) is 0. The minimum Gasteiger partial charge on any atom is -0.497 e. The van der Waals surface area contributed by atoms with E-state index in [1.807, 2.05) is 24.3 Å². The van der Waals surface area contributed by atoms with Crippen LogP contribution in [0.5, 0.6) is 17.2 Å². The van der Waals surface area contributed by atoms with Gasteiger partial charge >= 0.3 is 0 Å². The highest BCUT2D eigenvalue weighted by Gasteiger charge is 2.35. The molecule has 1 fully saturated rings. The summed E-state index contributed by atoms with van der Waals surface area (Å²) in [6.45, 7) is 0.472. The van der Waals surface area contributed by atoms with Crippen molar-refractivity contribution in [1.82, 2.24) is 4.31 Å². The Bertz CT molecular complexity index is 896. The molecule has 152 valence electrons. The van der Waals surface area contributed by atoms with Crippen LogP contribution >= 0.6 is 0 Å². The van der Waals surface area contributed by atoms with Gasteiger partial charge in [-0.2, -0.15) is 4.31 Å². The number of nitrogens with zero attached hydrogens (tertiary/aromatic N) is 1. The molecule has 0 radical (unpaired) electrons. The van der Waals surface area contributed by atoms with Crippen LogP contribution in [0.2, 0.25) is 0 Å². The van der Waals surface area contributed by atoms with Crippen LogP contribution in [-0.2, 0) is 10.0 Å². The summed E-state index contributed by atoms with van der Waals surface area (Å²) in [6, 6.07) is 12.3. The van der Waals surface area contributed by atoms with Crippen molar-refractivity contribution in [2.24, 2.45) is 0 Å². The van der Waals surface area contributed by atoms with E-state index < -0.39 is 10.0 Å². The molecule has 1 heterocycles. The average Bonchev–Trinajstić information content (AvgIpc) is 3.00. The van der Waals surface area contributed by atoms with Crippen molar-refractivity contribution in [2.45, 2.75) is 36.6 Å². The lowest BCUT2D eigenvalue weighted by Gasteiger charge is -2.30. The molecular weight excluding hydrogens is 378 g/mol. The lowest BCUT2D eigenvalue weighted by molar-refractivity contribution is 0.325. The molecule has 0 amide bonds. The van der Waals surface area contributed by atoms with Gasteiger partial charge in [-0.3, -0.25) is 0 Å². The Morgan fingerprint density at radius 3 is 2.18 bits per heavy atom. The minimum atomic E-state index is -3.78. The fourth-order valence-electron chi connectivity index (χ4n) is 3.64. The van der Waals surface area contributed by atoms with Gasteiger partial charge < -0.3 is 14.2 Å². The van der Waals surface area contributed by atoms with E-state index in [9.17, 15) is 8.42 Å². The number of ether oxygens (including phenoxy) is 3. The van der Waals surface area contributed by atoms with Crippen LogP contribution in [0.15, 0.2) is 47.4 Å². The van der Waals surface area contributed by atoms with Crippen LogP contribution in [-0.4, -0.2) is 40.6 Å². The Morgan fingerprint density at radius 2 is 1.54 bits per heavy atom. The molecule has 1 atom stereocenters. The lowest BCUT2D eigenvalue weighted by Crippen LogP contribution is -2.35. The third kappa shape index (κ3) is 4.10. The monoisotopic (exact) mass is 405 g/mol. The summed E-state index contributed by atoms with van der Waals surface area (Å²) in [6.07, 6.45) is 3.60. The Balaban J connectivity index is 2.06. The number of hydrogen-bond acceptors (Lipinski definition) is 5.